The molecule has 1 heterocycles. The van der Waals surface area contributed by atoms with Crippen molar-refractivity contribution in [3.63, 3.8) is 0 Å². The summed E-state index contributed by atoms with van der Waals surface area (Å²) in [4.78, 5) is 11.9. The third-order valence-electron chi connectivity index (χ3n) is 3.16. The molecule has 1 fully saturated rings. The number of nitrogens with one attached hydrogen (secondary N) is 1. The summed E-state index contributed by atoms with van der Waals surface area (Å²) in [5.41, 5.74) is 0.552. The number of carbonyl (C=O) groups excluding carboxylic acids is 1. The zero-order valence-corrected chi connectivity index (χ0v) is 12.1. The van der Waals surface area contributed by atoms with Gasteiger partial charge in [-0.05, 0) is 36.6 Å². The first-order valence-corrected chi connectivity index (χ1v) is 6.98. The molecule has 1 aliphatic rings. The molecule has 0 aromatic heterocycles. The highest BCUT2D eigenvalue weighted by Crippen LogP contribution is 2.24. The average Bonchev–Trinajstić information content (AvgIpc) is 2.99. The molecule has 1 aromatic carbocycles. The van der Waals surface area contributed by atoms with Crippen molar-refractivity contribution in [2.75, 3.05) is 13.2 Å². The zero-order chi connectivity index (χ0) is 15.2. The van der Waals surface area contributed by atoms with E-state index in [1.807, 2.05) is 6.07 Å². The molecule has 0 bridgehead atoms. The van der Waals surface area contributed by atoms with E-state index in [9.17, 15) is 9.90 Å². The molecule has 2 rings (SSSR count). The molecule has 1 saturated heterocycles. The molecular weight excluding hydrogens is 292 g/mol. The lowest BCUT2D eigenvalue weighted by Gasteiger charge is -2.10. The van der Waals surface area contributed by atoms with Gasteiger partial charge in [-0.1, -0.05) is 17.7 Å². The van der Waals surface area contributed by atoms with Crippen molar-refractivity contribution in [2.45, 2.75) is 18.9 Å². The maximum absolute atomic E-state index is 11.9. The molecule has 1 aliphatic heterocycles. The van der Waals surface area contributed by atoms with Crippen LogP contribution in [-0.2, 0) is 9.53 Å². The Kier molecular flexibility index (Phi) is 5.20. The summed E-state index contributed by atoms with van der Waals surface area (Å²) in [7, 11) is 0. The number of hydrogen-bond donors (Lipinski definition) is 2. The van der Waals surface area contributed by atoms with Crippen molar-refractivity contribution in [2.24, 2.45) is 0 Å². The second kappa shape index (κ2) is 7.11. The third kappa shape index (κ3) is 4.22. The van der Waals surface area contributed by atoms with E-state index in [2.05, 4.69) is 5.32 Å². The van der Waals surface area contributed by atoms with Gasteiger partial charge in [0.1, 0.15) is 17.4 Å². The van der Waals surface area contributed by atoms with Crippen LogP contribution >= 0.6 is 11.6 Å². The highest BCUT2D eigenvalue weighted by atomic mass is 35.5. The van der Waals surface area contributed by atoms with Gasteiger partial charge in [-0.25, -0.2) is 0 Å². The molecule has 5 nitrogen and oxygen atoms in total. The summed E-state index contributed by atoms with van der Waals surface area (Å²) in [6.07, 6.45) is 3.36. The van der Waals surface area contributed by atoms with Crippen LogP contribution in [0.4, 0.5) is 0 Å². The Morgan fingerprint density at radius 2 is 2.43 bits per heavy atom. The van der Waals surface area contributed by atoms with Crippen molar-refractivity contribution < 1.29 is 14.6 Å². The molecule has 1 aromatic rings. The number of benzene rings is 1. The summed E-state index contributed by atoms with van der Waals surface area (Å²) >= 11 is 5.79. The smallest absolute Gasteiger partial charge is 0.262 e. The van der Waals surface area contributed by atoms with Gasteiger partial charge in [0.15, 0.2) is 0 Å². The molecule has 1 atom stereocenters. The Labute approximate surface area is 127 Å². The number of hydrogen-bond acceptors (Lipinski definition) is 4. The predicted molar refractivity (Wildman–Crippen MR) is 78.7 cm³/mol. The van der Waals surface area contributed by atoms with Crippen LogP contribution in [0.25, 0.3) is 6.08 Å². The quantitative estimate of drug-likeness (QED) is 0.660. The minimum Gasteiger partial charge on any atom is -0.506 e. The summed E-state index contributed by atoms with van der Waals surface area (Å²) in [6.45, 7) is 1.11. The van der Waals surface area contributed by atoms with Gasteiger partial charge in [0.25, 0.3) is 5.91 Å². The van der Waals surface area contributed by atoms with Crippen LogP contribution in [0, 0.1) is 11.3 Å². The first kappa shape index (κ1) is 15.4. The minimum absolute atomic E-state index is 0.0187. The Bertz CT molecular complexity index is 601. The highest BCUT2D eigenvalue weighted by Gasteiger charge is 2.17. The second-order valence-electron chi connectivity index (χ2n) is 4.73. The SMILES string of the molecule is N#C/C(=C/c1ccc(O)c(Cl)c1)C(=O)NC[C@H]1CCCO1. The fourth-order valence-corrected chi connectivity index (χ4v) is 2.22. The van der Waals surface area contributed by atoms with E-state index < -0.39 is 5.91 Å². The predicted octanol–water partition coefficient (Wildman–Crippen LogP) is 2.25. The summed E-state index contributed by atoms with van der Waals surface area (Å²) < 4.78 is 5.40. The number of aromatic hydroxyl groups is 1. The van der Waals surface area contributed by atoms with Crippen LogP contribution in [0.2, 0.25) is 5.02 Å². The molecule has 110 valence electrons. The van der Waals surface area contributed by atoms with E-state index in [4.69, 9.17) is 21.6 Å². The number of ether oxygens (including phenoxy) is 1. The van der Waals surface area contributed by atoms with Gasteiger partial charge in [-0.2, -0.15) is 5.26 Å². The third-order valence-corrected chi connectivity index (χ3v) is 3.46. The molecule has 0 aliphatic carbocycles. The molecule has 0 spiro atoms. The van der Waals surface area contributed by atoms with Crippen LogP contribution in [0.3, 0.4) is 0 Å². The Hall–Kier alpha value is -2.03. The lowest BCUT2D eigenvalue weighted by molar-refractivity contribution is -0.117. The first-order chi connectivity index (χ1) is 10.1. The number of carbonyl (C=O) groups is 1. The van der Waals surface area contributed by atoms with E-state index in [-0.39, 0.29) is 22.4 Å². The van der Waals surface area contributed by atoms with Crippen molar-refractivity contribution in [1.29, 1.82) is 5.26 Å². The molecule has 21 heavy (non-hydrogen) atoms. The molecule has 0 radical (unpaired) electrons. The largest absolute Gasteiger partial charge is 0.506 e. The lowest BCUT2D eigenvalue weighted by Crippen LogP contribution is -2.32. The van der Waals surface area contributed by atoms with Crippen molar-refractivity contribution >= 4 is 23.6 Å². The molecule has 1 amide bonds. The number of halogens is 1. The van der Waals surface area contributed by atoms with Gasteiger partial charge in [-0.3, -0.25) is 4.79 Å². The number of nitriles is 1. The number of phenolic OH excluding ortho intramolecular Hbond substituents is 1. The van der Waals surface area contributed by atoms with Crippen LogP contribution in [0.1, 0.15) is 18.4 Å². The van der Waals surface area contributed by atoms with Gasteiger partial charge < -0.3 is 15.2 Å². The van der Waals surface area contributed by atoms with Gasteiger partial charge in [0.05, 0.1) is 11.1 Å². The van der Waals surface area contributed by atoms with Crippen LogP contribution in [-0.4, -0.2) is 30.3 Å². The highest BCUT2D eigenvalue weighted by molar-refractivity contribution is 6.32. The van der Waals surface area contributed by atoms with Crippen molar-refractivity contribution in [3.05, 3.63) is 34.4 Å². The Balaban J connectivity index is 2.03. The normalized spacial score (nSPS) is 18.3. The van der Waals surface area contributed by atoms with Crippen molar-refractivity contribution in [1.82, 2.24) is 5.32 Å². The van der Waals surface area contributed by atoms with Crippen LogP contribution in [0.5, 0.6) is 5.75 Å². The Morgan fingerprint density at radius 3 is 3.05 bits per heavy atom. The van der Waals surface area contributed by atoms with Gasteiger partial charge in [0, 0.05) is 13.2 Å². The fraction of sp³-hybridized carbons (Fsp3) is 0.333. The van der Waals surface area contributed by atoms with Gasteiger partial charge >= 0.3 is 0 Å². The minimum atomic E-state index is -0.447. The zero-order valence-electron chi connectivity index (χ0n) is 11.3. The maximum Gasteiger partial charge on any atom is 0.262 e. The average molecular weight is 307 g/mol. The standard InChI is InChI=1S/C15H15ClN2O3/c16-13-7-10(3-4-14(13)19)6-11(8-17)15(20)18-9-12-2-1-5-21-12/h3-4,6-7,12,19H,1-2,5,9H2,(H,18,20)/b11-6-/t12-/m1/s1. The fourth-order valence-electron chi connectivity index (χ4n) is 2.04. The van der Waals surface area contributed by atoms with Crippen molar-refractivity contribution in [3.8, 4) is 11.8 Å². The van der Waals surface area contributed by atoms with Gasteiger partial charge in [0.2, 0.25) is 0 Å². The number of nitrogens with zero attached hydrogens (tertiary/aromatic N) is 1. The van der Waals surface area contributed by atoms with E-state index in [1.54, 1.807) is 6.07 Å². The van der Waals surface area contributed by atoms with E-state index in [0.29, 0.717) is 18.7 Å². The number of phenols is 1. The number of amides is 1. The summed E-state index contributed by atoms with van der Waals surface area (Å²) in [5.74, 6) is -0.493. The molecule has 2 N–H and O–H groups in total. The summed E-state index contributed by atoms with van der Waals surface area (Å²) in [5, 5.41) is 21.3. The van der Waals surface area contributed by atoms with E-state index >= 15 is 0 Å². The maximum atomic E-state index is 11.9. The summed E-state index contributed by atoms with van der Waals surface area (Å²) in [6, 6.07) is 6.34. The molecular formula is C15H15ClN2O3. The van der Waals surface area contributed by atoms with Crippen LogP contribution < -0.4 is 5.32 Å². The second-order valence-corrected chi connectivity index (χ2v) is 5.13. The Morgan fingerprint density at radius 1 is 1.62 bits per heavy atom. The van der Waals surface area contributed by atoms with E-state index in [1.165, 1.54) is 18.2 Å². The monoisotopic (exact) mass is 306 g/mol. The first-order valence-electron chi connectivity index (χ1n) is 6.60. The lowest BCUT2D eigenvalue weighted by atomic mass is 10.1. The van der Waals surface area contributed by atoms with Gasteiger partial charge in [-0.15, -0.1) is 0 Å². The van der Waals surface area contributed by atoms with Crippen LogP contribution in [0.15, 0.2) is 23.8 Å². The molecule has 0 unspecified atom stereocenters. The van der Waals surface area contributed by atoms with E-state index in [0.717, 1.165) is 12.8 Å². The molecule has 0 saturated carbocycles. The topological polar surface area (TPSA) is 82.3 Å². The number of rotatable bonds is 4. The molecule has 6 heteroatoms.